The van der Waals surface area contributed by atoms with Crippen molar-refractivity contribution in [1.29, 1.82) is 0 Å². The van der Waals surface area contributed by atoms with Crippen LogP contribution in [0.3, 0.4) is 0 Å². The summed E-state index contributed by atoms with van der Waals surface area (Å²) in [6.07, 6.45) is 0.182. The normalized spacial score (nSPS) is 13.2. The highest BCUT2D eigenvalue weighted by Crippen LogP contribution is 2.23. The van der Waals surface area contributed by atoms with E-state index in [1.54, 1.807) is 4.90 Å². The second kappa shape index (κ2) is 8.74. The topological polar surface area (TPSA) is 83.6 Å². The van der Waals surface area contributed by atoms with E-state index in [9.17, 15) is 9.59 Å². The molecule has 7 nitrogen and oxygen atoms in total. The largest absolute Gasteiger partial charge is 0.457 e. The van der Waals surface area contributed by atoms with Crippen LogP contribution in [0.5, 0.6) is 11.5 Å². The lowest BCUT2D eigenvalue weighted by Gasteiger charge is -2.09. The van der Waals surface area contributed by atoms with Crippen LogP contribution < -0.4 is 20.3 Å². The zero-order valence-corrected chi connectivity index (χ0v) is 16.4. The predicted molar refractivity (Wildman–Crippen MR) is 111 cm³/mol. The van der Waals surface area contributed by atoms with Crippen molar-refractivity contribution in [2.75, 3.05) is 18.0 Å². The maximum atomic E-state index is 12.2. The summed E-state index contributed by atoms with van der Waals surface area (Å²) in [4.78, 5) is 29.9. The van der Waals surface area contributed by atoms with Gasteiger partial charge < -0.3 is 15.4 Å². The Morgan fingerprint density at radius 1 is 1.14 bits per heavy atom. The fourth-order valence-corrected chi connectivity index (χ4v) is 3.73. The van der Waals surface area contributed by atoms with Crippen LogP contribution in [0.25, 0.3) is 0 Å². The van der Waals surface area contributed by atoms with Crippen molar-refractivity contribution < 1.29 is 14.3 Å². The van der Waals surface area contributed by atoms with E-state index < -0.39 is 0 Å². The number of hydrogen-bond donors (Lipinski definition) is 2. The molecule has 4 rings (SSSR count). The number of ether oxygens (including phenoxy) is 1. The monoisotopic (exact) mass is 408 g/mol. The molecular formula is C21H20N4O3S. The first-order valence-electron chi connectivity index (χ1n) is 9.26. The number of rotatable bonds is 7. The third-order valence-electron chi connectivity index (χ3n) is 4.36. The van der Waals surface area contributed by atoms with Gasteiger partial charge in [-0.25, -0.2) is 9.78 Å². The van der Waals surface area contributed by atoms with E-state index in [-0.39, 0.29) is 18.4 Å². The molecule has 0 atom stereocenters. The minimum absolute atomic E-state index is 0.114. The minimum Gasteiger partial charge on any atom is -0.457 e. The summed E-state index contributed by atoms with van der Waals surface area (Å²) in [5.41, 5.74) is 1.64. The van der Waals surface area contributed by atoms with Crippen molar-refractivity contribution in [1.82, 2.24) is 15.6 Å². The molecule has 0 spiro atoms. The van der Waals surface area contributed by atoms with Gasteiger partial charge in [0.15, 0.2) is 5.13 Å². The Labute approximate surface area is 172 Å². The van der Waals surface area contributed by atoms with Gasteiger partial charge in [-0.1, -0.05) is 30.3 Å². The molecule has 0 aliphatic carbocycles. The summed E-state index contributed by atoms with van der Waals surface area (Å²) in [7, 11) is 0. The molecule has 29 heavy (non-hydrogen) atoms. The molecule has 3 amide bonds. The number of nitrogens with one attached hydrogen (secondary N) is 2. The number of amides is 3. The lowest BCUT2D eigenvalue weighted by Crippen LogP contribution is -2.27. The molecule has 0 unspecified atom stereocenters. The summed E-state index contributed by atoms with van der Waals surface area (Å²) in [5, 5.41) is 8.07. The number of benzene rings is 2. The number of nitrogens with zero attached hydrogens (tertiary/aromatic N) is 2. The minimum atomic E-state index is -0.143. The molecule has 1 aliphatic rings. The third-order valence-corrected chi connectivity index (χ3v) is 5.27. The Balaban J connectivity index is 1.26. The first kappa shape index (κ1) is 18.9. The van der Waals surface area contributed by atoms with Gasteiger partial charge in [0.1, 0.15) is 11.5 Å². The van der Waals surface area contributed by atoms with Gasteiger partial charge in [-0.05, 0) is 29.8 Å². The Morgan fingerprint density at radius 2 is 1.90 bits per heavy atom. The Hall–Kier alpha value is -3.39. The van der Waals surface area contributed by atoms with Crippen LogP contribution in [0, 0.1) is 0 Å². The SMILES string of the molecule is O=C(Cc1csc(N2CCNC2=O)n1)NCc1ccc(Oc2ccccc2)cc1. The molecule has 0 bridgehead atoms. The maximum Gasteiger partial charge on any atom is 0.323 e. The molecule has 0 saturated carbocycles. The first-order chi connectivity index (χ1) is 14.2. The second-order valence-corrected chi connectivity index (χ2v) is 7.35. The highest BCUT2D eigenvalue weighted by atomic mass is 32.1. The van der Waals surface area contributed by atoms with Crippen molar-refractivity contribution in [3.8, 4) is 11.5 Å². The van der Waals surface area contributed by atoms with Crippen molar-refractivity contribution in [2.24, 2.45) is 0 Å². The van der Waals surface area contributed by atoms with Crippen molar-refractivity contribution in [2.45, 2.75) is 13.0 Å². The lowest BCUT2D eigenvalue weighted by atomic mass is 10.2. The van der Waals surface area contributed by atoms with Gasteiger partial charge in [0.25, 0.3) is 0 Å². The van der Waals surface area contributed by atoms with Crippen LogP contribution in [0.4, 0.5) is 9.93 Å². The van der Waals surface area contributed by atoms with Gasteiger partial charge in [0, 0.05) is 25.0 Å². The highest BCUT2D eigenvalue weighted by molar-refractivity contribution is 7.14. The number of carbonyl (C=O) groups excluding carboxylic acids is 2. The van der Waals surface area contributed by atoms with Gasteiger partial charge in [-0.2, -0.15) is 0 Å². The van der Waals surface area contributed by atoms with Gasteiger partial charge >= 0.3 is 6.03 Å². The zero-order chi connectivity index (χ0) is 20.1. The number of aromatic nitrogens is 1. The molecule has 8 heteroatoms. The summed E-state index contributed by atoms with van der Waals surface area (Å²) in [5.74, 6) is 1.41. The highest BCUT2D eigenvalue weighted by Gasteiger charge is 2.24. The van der Waals surface area contributed by atoms with E-state index in [1.165, 1.54) is 11.3 Å². The van der Waals surface area contributed by atoms with E-state index in [2.05, 4.69) is 15.6 Å². The van der Waals surface area contributed by atoms with Crippen LogP contribution in [-0.4, -0.2) is 30.0 Å². The number of carbonyl (C=O) groups is 2. The Bertz CT molecular complexity index is 989. The number of hydrogen-bond acceptors (Lipinski definition) is 5. The summed E-state index contributed by atoms with van der Waals surface area (Å²) < 4.78 is 5.76. The Morgan fingerprint density at radius 3 is 2.62 bits per heavy atom. The van der Waals surface area contributed by atoms with E-state index in [1.807, 2.05) is 60.0 Å². The standard InChI is InChI=1S/C21H20N4O3S/c26-19(12-16-14-29-21(24-16)25-11-10-22-20(25)27)23-13-15-6-8-18(9-7-15)28-17-4-2-1-3-5-17/h1-9,14H,10-13H2,(H,22,27)(H,23,26). The molecule has 1 fully saturated rings. The fraction of sp³-hybridized carbons (Fsp3) is 0.190. The Kier molecular flexibility index (Phi) is 5.71. The molecule has 1 aliphatic heterocycles. The lowest BCUT2D eigenvalue weighted by molar-refractivity contribution is -0.120. The summed E-state index contributed by atoms with van der Waals surface area (Å²) in [6, 6.07) is 17.0. The molecule has 3 aromatic rings. The van der Waals surface area contributed by atoms with Crippen molar-refractivity contribution in [3.05, 3.63) is 71.2 Å². The van der Waals surface area contributed by atoms with Crippen LogP contribution in [0.1, 0.15) is 11.3 Å². The first-order valence-corrected chi connectivity index (χ1v) is 10.1. The molecule has 1 saturated heterocycles. The van der Waals surface area contributed by atoms with Gasteiger partial charge in [0.2, 0.25) is 5.91 Å². The molecule has 148 valence electrons. The fourth-order valence-electron chi connectivity index (χ4n) is 2.88. The predicted octanol–water partition coefficient (Wildman–Crippen LogP) is 3.32. The van der Waals surface area contributed by atoms with Gasteiger partial charge in [-0.15, -0.1) is 11.3 Å². The van der Waals surface area contributed by atoms with Crippen molar-refractivity contribution >= 4 is 28.4 Å². The average molecular weight is 408 g/mol. The van der Waals surface area contributed by atoms with Gasteiger partial charge in [-0.3, -0.25) is 9.69 Å². The van der Waals surface area contributed by atoms with Gasteiger partial charge in [0.05, 0.1) is 12.1 Å². The number of thiazole rings is 1. The van der Waals surface area contributed by atoms with Crippen LogP contribution in [-0.2, 0) is 17.8 Å². The zero-order valence-electron chi connectivity index (χ0n) is 15.6. The molecule has 1 aromatic heterocycles. The van der Waals surface area contributed by atoms with Crippen LogP contribution in [0.15, 0.2) is 60.0 Å². The van der Waals surface area contributed by atoms with Crippen LogP contribution in [0.2, 0.25) is 0 Å². The van der Waals surface area contributed by atoms with Crippen molar-refractivity contribution in [3.63, 3.8) is 0 Å². The molecule has 2 heterocycles. The quantitative estimate of drug-likeness (QED) is 0.628. The van der Waals surface area contributed by atoms with E-state index >= 15 is 0 Å². The number of anilines is 1. The molecule has 2 N–H and O–H groups in total. The summed E-state index contributed by atoms with van der Waals surface area (Å²) in [6.45, 7) is 1.64. The second-order valence-electron chi connectivity index (χ2n) is 6.52. The third kappa shape index (κ3) is 4.91. The average Bonchev–Trinajstić information content (AvgIpc) is 3.37. The molecule has 0 radical (unpaired) electrons. The smallest absolute Gasteiger partial charge is 0.323 e. The van der Waals surface area contributed by atoms with Crippen LogP contribution >= 0.6 is 11.3 Å². The number of urea groups is 1. The molecular weight excluding hydrogens is 388 g/mol. The van der Waals surface area contributed by atoms with E-state index in [0.29, 0.717) is 30.5 Å². The van der Waals surface area contributed by atoms with E-state index in [4.69, 9.17) is 4.74 Å². The summed E-state index contributed by atoms with van der Waals surface area (Å²) >= 11 is 1.37. The number of para-hydroxylation sites is 1. The molecule has 2 aromatic carbocycles. The maximum absolute atomic E-state index is 12.2. The van der Waals surface area contributed by atoms with E-state index in [0.717, 1.165) is 17.1 Å².